The lowest BCUT2D eigenvalue weighted by Gasteiger charge is -2.05. The number of carbonyl (C=O) groups is 1. The molecule has 0 fully saturated rings. The molecule has 6 heteroatoms. The van der Waals surface area contributed by atoms with Crippen molar-refractivity contribution in [2.45, 2.75) is 25.2 Å². The minimum atomic E-state index is -0.457. The molecule has 0 saturated heterocycles. The third kappa shape index (κ3) is 6.08. The number of anilines is 1. The fraction of sp³-hybridized carbons (Fsp3) is 0.138. The van der Waals surface area contributed by atoms with Gasteiger partial charge in [-0.2, -0.15) is 10.4 Å². The Balaban J connectivity index is 1.70. The van der Waals surface area contributed by atoms with Gasteiger partial charge in [-0.05, 0) is 61.6 Å². The van der Waals surface area contributed by atoms with Gasteiger partial charge in [0.15, 0.2) is 0 Å². The Morgan fingerprint density at radius 1 is 1.06 bits per heavy atom. The third-order valence-electron chi connectivity index (χ3n) is 5.34. The molecule has 0 aliphatic heterocycles. The van der Waals surface area contributed by atoms with Gasteiger partial charge in [0.05, 0.1) is 11.4 Å². The van der Waals surface area contributed by atoms with Crippen LogP contribution in [-0.2, 0) is 4.79 Å². The number of aromatic nitrogens is 2. The second-order valence-corrected chi connectivity index (χ2v) is 9.24. The number of thioether (sulfide) groups is 1. The van der Waals surface area contributed by atoms with E-state index in [1.165, 1.54) is 4.90 Å². The van der Waals surface area contributed by atoms with Crippen LogP contribution in [0.3, 0.4) is 0 Å². The van der Waals surface area contributed by atoms with Crippen LogP contribution in [-0.4, -0.2) is 21.4 Å². The molecule has 3 aromatic carbocycles. The summed E-state index contributed by atoms with van der Waals surface area (Å²) < 4.78 is 1.77. The standard InChI is InChI=1S/C29H26N4OS/c1-3-17-35-27-15-11-22(12-16-27)28-24(20-33(32-28)26-7-5-4-6-8-26)18-23(19-30)29(34)31-25-13-9-21(2)10-14-25/h4-16,18,20H,3,17H2,1-2H3,(H,31,34). The van der Waals surface area contributed by atoms with Crippen LogP contribution in [0.4, 0.5) is 5.69 Å². The molecule has 0 aliphatic carbocycles. The molecule has 1 amide bonds. The first-order chi connectivity index (χ1) is 17.1. The molecule has 0 aliphatic rings. The van der Waals surface area contributed by atoms with E-state index < -0.39 is 5.91 Å². The Hall–Kier alpha value is -4.08. The average molecular weight is 479 g/mol. The van der Waals surface area contributed by atoms with Crippen molar-refractivity contribution in [3.05, 3.63) is 102 Å². The number of para-hydroxylation sites is 1. The van der Waals surface area contributed by atoms with Crippen LogP contribution in [0.15, 0.2) is 95.5 Å². The van der Waals surface area contributed by atoms with Gasteiger partial charge < -0.3 is 5.32 Å². The Morgan fingerprint density at radius 3 is 2.43 bits per heavy atom. The predicted molar refractivity (Wildman–Crippen MR) is 143 cm³/mol. The Bertz CT molecular complexity index is 1370. The number of nitrogens with zero attached hydrogens (tertiary/aromatic N) is 3. The summed E-state index contributed by atoms with van der Waals surface area (Å²) in [6.45, 7) is 4.14. The van der Waals surface area contributed by atoms with Crippen LogP contribution in [0.25, 0.3) is 23.0 Å². The Labute approximate surface area is 210 Å². The van der Waals surface area contributed by atoms with E-state index in [4.69, 9.17) is 5.10 Å². The molecule has 0 radical (unpaired) electrons. The molecule has 0 spiro atoms. The van der Waals surface area contributed by atoms with Gasteiger partial charge in [-0.25, -0.2) is 4.68 Å². The maximum Gasteiger partial charge on any atom is 0.266 e. The zero-order valence-electron chi connectivity index (χ0n) is 19.7. The van der Waals surface area contributed by atoms with Crippen molar-refractivity contribution in [1.29, 1.82) is 5.26 Å². The first kappa shape index (κ1) is 24.1. The lowest BCUT2D eigenvalue weighted by Crippen LogP contribution is -2.13. The largest absolute Gasteiger partial charge is 0.321 e. The number of nitriles is 1. The van der Waals surface area contributed by atoms with Crippen LogP contribution in [0.5, 0.6) is 0 Å². The summed E-state index contributed by atoms with van der Waals surface area (Å²) in [6.07, 6.45) is 4.57. The summed E-state index contributed by atoms with van der Waals surface area (Å²) in [7, 11) is 0. The normalized spacial score (nSPS) is 11.2. The van der Waals surface area contributed by atoms with Crippen LogP contribution >= 0.6 is 11.8 Å². The summed E-state index contributed by atoms with van der Waals surface area (Å²) >= 11 is 1.82. The van der Waals surface area contributed by atoms with E-state index in [0.29, 0.717) is 16.9 Å². The van der Waals surface area contributed by atoms with Crippen molar-refractivity contribution >= 4 is 29.4 Å². The molecule has 1 heterocycles. The van der Waals surface area contributed by atoms with Crippen molar-refractivity contribution < 1.29 is 4.79 Å². The molecule has 0 bridgehead atoms. The highest BCUT2D eigenvalue weighted by molar-refractivity contribution is 7.99. The maximum atomic E-state index is 12.9. The van der Waals surface area contributed by atoms with Gasteiger partial charge in [-0.1, -0.05) is 55.0 Å². The van der Waals surface area contributed by atoms with Gasteiger partial charge in [0.25, 0.3) is 5.91 Å². The van der Waals surface area contributed by atoms with Crippen molar-refractivity contribution in [2.75, 3.05) is 11.1 Å². The Kier molecular flexibility index (Phi) is 7.81. The zero-order valence-corrected chi connectivity index (χ0v) is 20.5. The van der Waals surface area contributed by atoms with E-state index in [1.807, 2.05) is 91.6 Å². The van der Waals surface area contributed by atoms with Crippen molar-refractivity contribution in [3.8, 4) is 23.0 Å². The lowest BCUT2D eigenvalue weighted by atomic mass is 10.1. The first-order valence-electron chi connectivity index (χ1n) is 11.5. The van der Waals surface area contributed by atoms with Crippen LogP contribution in [0.2, 0.25) is 0 Å². The predicted octanol–water partition coefficient (Wildman–Crippen LogP) is 6.90. The second-order valence-electron chi connectivity index (χ2n) is 8.08. The topological polar surface area (TPSA) is 70.7 Å². The molecular weight excluding hydrogens is 452 g/mol. The third-order valence-corrected chi connectivity index (χ3v) is 6.56. The molecule has 0 atom stereocenters. The number of nitrogens with one attached hydrogen (secondary N) is 1. The SMILES string of the molecule is CCCSc1ccc(-c2nn(-c3ccccc3)cc2C=C(C#N)C(=O)Nc2ccc(C)cc2)cc1. The molecule has 5 nitrogen and oxygen atoms in total. The zero-order chi connectivity index (χ0) is 24.6. The summed E-state index contributed by atoms with van der Waals surface area (Å²) in [5, 5.41) is 17.4. The van der Waals surface area contributed by atoms with Crippen LogP contribution in [0.1, 0.15) is 24.5 Å². The number of aryl methyl sites for hydroxylation is 1. The molecule has 0 unspecified atom stereocenters. The van der Waals surface area contributed by atoms with Gasteiger partial charge in [0, 0.05) is 27.9 Å². The number of rotatable bonds is 8. The highest BCUT2D eigenvalue weighted by Gasteiger charge is 2.15. The smallest absolute Gasteiger partial charge is 0.266 e. The van der Waals surface area contributed by atoms with E-state index in [0.717, 1.165) is 29.0 Å². The molecule has 1 aromatic heterocycles. The lowest BCUT2D eigenvalue weighted by molar-refractivity contribution is -0.112. The second kappa shape index (κ2) is 11.4. The molecule has 174 valence electrons. The van der Waals surface area contributed by atoms with Crippen molar-refractivity contribution in [2.24, 2.45) is 0 Å². The van der Waals surface area contributed by atoms with E-state index >= 15 is 0 Å². The van der Waals surface area contributed by atoms with Crippen LogP contribution in [0, 0.1) is 18.3 Å². The van der Waals surface area contributed by atoms with Crippen molar-refractivity contribution in [1.82, 2.24) is 9.78 Å². The highest BCUT2D eigenvalue weighted by atomic mass is 32.2. The van der Waals surface area contributed by atoms with Crippen LogP contribution < -0.4 is 5.32 Å². The van der Waals surface area contributed by atoms with Gasteiger partial charge in [0.1, 0.15) is 11.6 Å². The molecular formula is C29H26N4OS. The first-order valence-corrected chi connectivity index (χ1v) is 12.4. The summed E-state index contributed by atoms with van der Waals surface area (Å²) in [6, 6.07) is 27.5. The fourth-order valence-electron chi connectivity index (χ4n) is 3.50. The minimum absolute atomic E-state index is 0.00885. The minimum Gasteiger partial charge on any atom is -0.321 e. The Morgan fingerprint density at radius 2 is 1.77 bits per heavy atom. The number of hydrogen-bond acceptors (Lipinski definition) is 4. The number of hydrogen-bond donors (Lipinski definition) is 1. The van der Waals surface area contributed by atoms with Crippen molar-refractivity contribution in [3.63, 3.8) is 0 Å². The average Bonchev–Trinajstić information content (AvgIpc) is 3.32. The molecule has 1 N–H and O–H groups in total. The maximum absolute atomic E-state index is 12.9. The van der Waals surface area contributed by atoms with Gasteiger partial charge in [-0.3, -0.25) is 4.79 Å². The van der Waals surface area contributed by atoms with E-state index in [2.05, 4.69) is 30.4 Å². The number of benzene rings is 3. The fourth-order valence-corrected chi connectivity index (χ4v) is 4.27. The summed E-state index contributed by atoms with van der Waals surface area (Å²) in [5.74, 6) is 0.610. The van der Waals surface area contributed by atoms with Gasteiger partial charge in [0.2, 0.25) is 0 Å². The quantitative estimate of drug-likeness (QED) is 0.170. The molecule has 35 heavy (non-hydrogen) atoms. The van der Waals surface area contributed by atoms with E-state index in [9.17, 15) is 10.1 Å². The summed E-state index contributed by atoms with van der Waals surface area (Å²) in [4.78, 5) is 14.1. The molecule has 4 aromatic rings. The van der Waals surface area contributed by atoms with Gasteiger partial charge >= 0.3 is 0 Å². The summed E-state index contributed by atoms with van der Waals surface area (Å²) in [5.41, 5.74) is 4.96. The van der Waals surface area contributed by atoms with E-state index in [1.54, 1.807) is 10.8 Å². The molecule has 4 rings (SSSR count). The molecule has 0 saturated carbocycles. The highest BCUT2D eigenvalue weighted by Crippen LogP contribution is 2.28. The van der Waals surface area contributed by atoms with E-state index in [-0.39, 0.29) is 5.57 Å². The monoisotopic (exact) mass is 478 g/mol. The number of carbonyl (C=O) groups excluding carboxylic acids is 1. The number of amides is 1. The van der Waals surface area contributed by atoms with Gasteiger partial charge in [-0.15, -0.1) is 11.8 Å².